The Balaban J connectivity index is 2.37. The Morgan fingerprint density at radius 2 is 2.27 bits per heavy atom. The van der Waals surface area contributed by atoms with Crippen LogP contribution in [0.5, 0.6) is 0 Å². The third kappa shape index (κ3) is 2.13. The van der Waals surface area contributed by atoms with E-state index in [-0.39, 0.29) is 18.4 Å². The number of ether oxygens (including phenoxy) is 3. The molecule has 0 amide bonds. The number of hydrogen-bond acceptors (Lipinski definition) is 4. The maximum absolute atomic E-state index is 5.56. The Morgan fingerprint density at radius 3 is 2.82 bits per heavy atom. The highest BCUT2D eigenvalue weighted by Crippen LogP contribution is 2.19. The first-order valence-corrected chi connectivity index (χ1v) is 3.70. The molecular formula is C7H15NO3. The van der Waals surface area contributed by atoms with Gasteiger partial charge in [-0.1, -0.05) is 0 Å². The lowest BCUT2D eigenvalue weighted by atomic mass is 10.2. The van der Waals surface area contributed by atoms with Crippen molar-refractivity contribution in [2.24, 2.45) is 5.73 Å². The van der Waals surface area contributed by atoms with Gasteiger partial charge in [-0.05, 0) is 0 Å². The third-order valence-electron chi connectivity index (χ3n) is 1.86. The van der Waals surface area contributed by atoms with Crippen LogP contribution in [0.4, 0.5) is 0 Å². The van der Waals surface area contributed by atoms with Crippen LogP contribution in [0.2, 0.25) is 0 Å². The first-order chi connectivity index (χ1) is 5.27. The average Bonchev–Trinajstić information content (AvgIpc) is 2.32. The van der Waals surface area contributed by atoms with E-state index >= 15 is 0 Å². The second-order valence-corrected chi connectivity index (χ2v) is 2.68. The van der Waals surface area contributed by atoms with Gasteiger partial charge in [-0.15, -0.1) is 0 Å². The standard InChI is InChI=1S/C7H15NO3/c1-9-4-6-5(10-2)3-7(8)11-6/h5-7H,3-4,8H2,1-2H3/t5?,6-,7-/m1/s1. The summed E-state index contributed by atoms with van der Waals surface area (Å²) in [5.74, 6) is 0. The summed E-state index contributed by atoms with van der Waals surface area (Å²) < 4.78 is 15.4. The van der Waals surface area contributed by atoms with E-state index in [0.29, 0.717) is 6.61 Å². The molecule has 1 saturated heterocycles. The molecule has 1 fully saturated rings. The highest BCUT2D eigenvalue weighted by Gasteiger charge is 2.33. The van der Waals surface area contributed by atoms with Crippen molar-refractivity contribution >= 4 is 0 Å². The molecule has 1 rings (SSSR count). The van der Waals surface area contributed by atoms with Gasteiger partial charge in [0.2, 0.25) is 0 Å². The van der Waals surface area contributed by atoms with Crippen molar-refractivity contribution in [3.63, 3.8) is 0 Å². The SMILES string of the molecule is COC[C@H]1O[C@@H](N)CC1OC. The monoisotopic (exact) mass is 161 g/mol. The predicted molar refractivity (Wildman–Crippen MR) is 40.1 cm³/mol. The van der Waals surface area contributed by atoms with Crippen LogP contribution in [0.15, 0.2) is 0 Å². The number of methoxy groups -OCH3 is 2. The Hall–Kier alpha value is -0.160. The van der Waals surface area contributed by atoms with Crippen LogP contribution in [0.25, 0.3) is 0 Å². The van der Waals surface area contributed by atoms with Crippen LogP contribution in [0.3, 0.4) is 0 Å². The minimum Gasteiger partial charge on any atom is -0.382 e. The number of nitrogens with two attached hydrogens (primary N) is 1. The molecule has 0 aliphatic carbocycles. The van der Waals surface area contributed by atoms with Crippen LogP contribution in [0.1, 0.15) is 6.42 Å². The molecule has 2 N–H and O–H groups in total. The lowest BCUT2D eigenvalue weighted by Gasteiger charge is -2.15. The zero-order valence-corrected chi connectivity index (χ0v) is 6.95. The second kappa shape index (κ2) is 4.01. The second-order valence-electron chi connectivity index (χ2n) is 2.68. The fourth-order valence-electron chi connectivity index (χ4n) is 1.31. The van der Waals surface area contributed by atoms with Gasteiger partial charge in [0.15, 0.2) is 0 Å². The molecule has 0 saturated carbocycles. The van der Waals surface area contributed by atoms with Crippen LogP contribution < -0.4 is 5.73 Å². The van der Waals surface area contributed by atoms with Gasteiger partial charge in [0.25, 0.3) is 0 Å². The highest BCUT2D eigenvalue weighted by atomic mass is 16.6. The van der Waals surface area contributed by atoms with Crippen LogP contribution in [-0.4, -0.2) is 39.3 Å². The Morgan fingerprint density at radius 1 is 1.55 bits per heavy atom. The third-order valence-corrected chi connectivity index (χ3v) is 1.86. The van der Waals surface area contributed by atoms with Crippen molar-refractivity contribution in [3.05, 3.63) is 0 Å². The minimum atomic E-state index is -0.194. The van der Waals surface area contributed by atoms with E-state index in [0.717, 1.165) is 6.42 Å². The Labute approximate surface area is 66.6 Å². The molecule has 66 valence electrons. The smallest absolute Gasteiger partial charge is 0.109 e. The predicted octanol–water partition coefficient (Wildman–Crippen LogP) is -0.278. The van der Waals surface area contributed by atoms with E-state index < -0.39 is 0 Å². The molecule has 0 bridgehead atoms. The summed E-state index contributed by atoms with van der Waals surface area (Å²) in [4.78, 5) is 0. The summed E-state index contributed by atoms with van der Waals surface area (Å²) in [7, 11) is 3.30. The van der Waals surface area contributed by atoms with E-state index in [1.54, 1.807) is 14.2 Å². The fraction of sp³-hybridized carbons (Fsp3) is 1.00. The molecule has 1 heterocycles. The van der Waals surface area contributed by atoms with Gasteiger partial charge in [-0.25, -0.2) is 0 Å². The average molecular weight is 161 g/mol. The van der Waals surface area contributed by atoms with E-state index in [4.69, 9.17) is 19.9 Å². The van der Waals surface area contributed by atoms with E-state index in [1.807, 2.05) is 0 Å². The lowest BCUT2D eigenvalue weighted by molar-refractivity contribution is -0.0425. The topological polar surface area (TPSA) is 53.7 Å². The molecule has 0 aromatic carbocycles. The van der Waals surface area contributed by atoms with Gasteiger partial charge >= 0.3 is 0 Å². The van der Waals surface area contributed by atoms with Crippen LogP contribution in [0, 0.1) is 0 Å². The fourth-order valence-corrected chi connectivity index (χ4v) is 1.31. The first kappa shape index (κ1) is 8.93. The summed E-state index contributed by atoms with van der Waals surface area (Å²) in [6.07, 6.45) is 0.648. The zero-order chi connectivity index (χ0) is 8.27. The molecule has 1 aliphatic rings. The maximum Gasteiger partial charge on any atom is 0.109 e. The maximum atomic E-state index is 5.56. The molecule has 1 aliphatic heterocycles. The van der Waals surface area contributed by atoms with E-state index in [1.165, 1.54) is 0 Å². The summed E-state index contributed by atoms with van der Waals surface area (Å²) in [6.45, 7) is 0.548. The largest absolute Gasteiger partial charge is 0.382 e. The van der Waals surface area contributed by atoms with Crippen LogP contribution >= 0.6 is 0 Å². The molecule has 3 atom stereocenters. The van der Waals surface area contributed by atoms with Crippen molar-refractivity contribution in [2.45, 2.75) is 24.9 Å². The quantitative estimate of drug-likeness (QED) is 0.618. The van der Waals surface area contributed by atoms with E-state index in [2.05, 4.69) is 0 Å². The van der Waals surface area contributed by atoms with Crippen molar-refractivity contribution in [3.8, 4) is 0 Å². The summed E-state index contributed by atoms with van der Waals surface area (Å²) in [6, 6.07) is 0. The Kier molecular flexibility index (Phi) is 3.26. The van der Waals surface area contributed by atoms with Gasteiger partial charge in [-0.2, -0.15) is 0 Å². The molecule has 11 heavy (non-hydrogen) atoms. The van der Waals surface area contributed by atoms with Crippen molar-refractivity contribution in [1.29, 1.82) is 0 Å². The summed E-state index contributed by atoms with van der Waals surface area (Å²) >= 11 is 0. The molecule has 1 unspecified atom stereocenters. The molecular weight excluding hydrogens is 146 g/mol. The highest BCUT2D eigenvalue weighted by molar-refractivity contribution is 4.80. The Bertz CT molecular complexity index is 120. The lowest BCUT2D eigenvalue weighted by Crippen LogP contribution is -2.27. The van der Waals surface area contributed by atoms with Gasteiger partial charge in [0.1, 0.15) is 12.3 Å². The van der Waals surface area contributed by atoms with Gasteiger partial charge in [0.05, 0.1) is 12.7 Å². The molecule has 0 aromatic heterocycles. The van der Waals surface area contributed by atoms with Crippen LogP contribution in [-0.2, 0) is 14.2 Å². The molecule has 4 nitrogen and oxygen atoms in total. The first-order valence-electron chi connectivity index (χ1n) is 3.70. The molecule has 0 radical (unpaired) electrons. The van der Waals surface area contributed by atoms with Crippen molar-refractivity contribution in [2.75, 3.05) is 20.8 Å². The molecule has 0 spiro atoms. The van der Waals surface area contributed by atoms with Gasteiger partial charge in [-0.3, -0.25) is 0 Å². The van der Waals surface area contributed by atoms with Gasteiger partial charge < -0.3 is 19.9 Å². The molecule has 0 aromatic rings. The minimum absolute atomic E-state index is 0.000000000000000444. The van der Waals surface area contributed by atoms with Crippen molar-refractivity contribution < 1.29 is 14.2 Å². The number of hydrogen-bond donors (Lipinski definition) is 1. The van der Waals surface area contributed by atoms with Crippen molar-refractivity contribution in [1.82, 2.24) is 0 Å². The summed E-state index contributed by atoms with van der Waals surface area (Å²) in [5, 5.41) is 0. The number of rotatable bonds is 3. The molecule has 4 heteroatoms. The summed E-state index contributed by atoms with van der Waals surface area (Å²) in [5.41, 5.74) is 5.56. The zero-order valence-electron chi connectivity index (χ0n) is 6.95. The van der Waals surface area contributed by atoms with Gasteiger partial charge in [0, 0.05) is 20.6 Å². The van der Waals surface area contributed by atoms with E-state index in [9.17, 15) is 0 Å². The normalized spacial score (nSPS) is 37.9.